The van der Waals surface area contributed by atoms with Crippen LogP contribution in [0.1, 0.15) is 47.0 Å². The topological polar surface area (TPSA) is 65.7 Å². The van der Waals surface area contributed by atoms with Crippen LogP contribution in [0.15, 0.2) is 40.8 Å². The smallest absolute Gasteiger partial charge is 0.259 e. The van der Waals surface area contributed by atoms with Crippen molar-refractivity contribution in [1.29, 1.82) is 0 Å². The molecule has 0 spiro atoms. The predicted molar refractivity (Wildman–Crippen MR) is 115 cm³/mol. The molecule has 1 aliphatic rings. The SMILES string of the molecule is Cc1cccc(NC(=O)c2c(C)oc3ccc(O)c(CN4CCCC(C)C4)c23)c1. The maximum Gasteiger partial charge on any atom is 0.259 e. The van der Waals surface area contributed by atoms with Crippen LogP contribution < -0.4 is 5.32 Å². The maximum atomic E-state index is 13.2. The van der Waals surface area contributed by atoms with Crippen molar-refractivity contribution in [1.82, 2.24) is 4.90 Å². The lowest BCUT2D eigenvalue weighted by atomic mass is 9.98. The Morgan fingerprint density at radius 1 is 1.28 bits per heavy atom. The average Bonchev–Trinajstić information content (AvgIpc) is 3.00. The van der Waals surface area contributed by atoms with Gasteiger partial charge in [0.2, 0.25) is 0 Å². The molecule has 1 atom stereocenters. The van der Waals surface area contributed by atoms with Crippen molar-refractivity contribution in [2.45, 2.75) is 40.2 Å². The normalized spacial score (nSPS) is 17.6. The van der Waals surface area contributed by atoms with E-state index in [1.807, 2.05) is 31.2 Å². The summed E-state index contributed by atoms with van der Waals surface area (Å²) in [6.07, 6.45) is 2.39. The van der Waals surface area contributed by atoms with Gasteiger partial charge in [0.25, 0.3) is 5.91 Å². The second-order valence-corrected chi connectivity index (χ2v) is 8.28. The molecule has 1 amide bonds. The second kappa shape index (κ2) is 7.91. The fourth-order valence-electron chi connectivity index (χ4n) is 4.37. The van der Waals surface area contributed by atoms with Crippen molar-refractivity contribution >= 4 is 22.6 Å². The van der Waals surface area contributed by atoms with Gasteiger partial charge >= 0.3 is 0 Å². The number of aryl methyl sites for hydroxylation is 2. The zero-order valence-corrected chi connectivity index (χ0v) is 17.3. The van der Waals surface area contributed by atoms with Crippen LogP contribution >= 0.6 is 0 Å². The number of nitrogens with one attached hydrogen (secondary N) is 1. The Labute approximate surface area is 171 Å². The van der Waals surface area contributed by atoms with Crippen LogP contribution in [0.3, 0.4) is 0 Å². The first-order valence-electron chi connectivity index (χ1n) is 10.3. The molecule has 1 saturated heterocycles. The third kappa shape index (κ3) is 4.01. The number of rotatable bonds is 4. The number of piperidine rings is 1. The molecular weight excluding hydrogens is 364 g/mol. The number of nitrogens with zero attached hydrogens (tertiary/aromatic N) is 1. The molecule has 1 aliphatic heterocycles. The van der Waals surface area contributed by atoms with E-state index in [4.69, 9.17) is 4.42 Å². The summed E-state index contributed by atoms with van der Waals surface area (Å²) in [7, 11) is 0. The molecule has 5 heteroatoms. The number of carbonyl (C=O) groups excluding carboxylic acids is 1. The van der Waals surface area contributed by atoms with Crippen molar-refractivity contribution in [3.05, 3.63) is 58.8 Å². The van der Waals surface area contributed by atoms with Gasteiger partial charge in [-0.3, -0.25) is 9.69 Å². The van der Waals surface area contributed by atoms with Crippen LogP contribution in [0.5, 0.6) is 5.75 Å². The van der Waals surface area contributed by atoms with Gasteiger partial charge in [0.1, 0.15) is 17.1 Å². The number of furan rings is 1. The molecular formula is C24H28N2O3. The summed E-state index contributed by atoms with van der Waals surface area (Å²) in [5, 5.41) is 14.3. The van der Waals surface area contributed by atoms with Crippen molar-refractivity contribution in [2.24, 2.45) is 5.92 Å². The van der Waals surface area contributed by atoms with Gasteiger partial charge in [0.05, 0.1) is 5.56 Å². The Morgan fingerprint density at radius 3 is 2.86 bits per heavy atom. The third-order valence-corrected chi connectivity index (χ3v) is 5.74. The lowest BCUT2D eigenvalue weighted by Crippen LogP contribution is -2.33. The van der Waals surface area contributed by atoms with Crippen molar-refractivity contribution in [3.63, 3.8) is 0 Å². The molecule has 0 bridgehead atoms. The Kier molecular flexibility index (Phi) is 5.33. The van der Waals surface area contributed by atoms with E-state index in [-0.39, 0.29) is 11.7 Å². The summed E-state index contributed by atoms with van der Waals surface area (Å²) in [6, 6.07) is 11.1. The molecule has 4 rings (SSSR count). The van der Waals surface area contributed by atoms with E-state index in [0.717, 1.165) is 36.3 Å². The molecule has 152 valence electrons. The van der Waals surface area contributed by atoms with Crippen LogP contribution in [-0.4, -0.2) is 29.0 Å². The van der Waals surface area contributed by atoms with Crippen LogP contribution in [0.2, 0.25) is 0 Å². The van der Waals surface area contributed by atoms with E-state index in [1.54, 1.807) is 19.1 Å². The van der Waals surface area contributed by atoms with E-state index < -0.39 is 0 Å². The first kappa shape index (κ1) is 19.5. The first-order chi connectivity index (χ1) is 13.9. The number of aromatic hydroxyl groups is 1. The monoisotopic (exact) mass is 392 g/mol. The number of hydrogen-bond donors (Lipinski definition) is 2. The average molecular weight is 392 g/mol. The Hall–Kier alpha value is -2.79. The summed E-state index contributed by atoms with van der Waals surface area (Å²) in [6.45, 7) is 8.66. The summed E-state index contributed by atoms with van der Waals surface area (Å²) < 4.78 is 5.90. The highest BCUT2D eigenvalue weighted by atomic mass is 16.3. The molecule has 2 N–H and O–H groups in total. The zero-order valence-electron chi connectivity index (χ0n) is 17.3. The maximum absolute atomic E-state index is 13.2. The van der Waals surface area contributed by atoms with Gasteiger partial charge < -0.3 is 14.8 Å². The molecule has 1 aromatic heterocycles. The summed E-state index contributed by atoms with van der Waals surface area (Å²) in [5.41, 5.74) is 3.72. The quantitative estimate of drug-likeness (QED) is 0.637. The fourth-order valence-corrected chi connectivity index (χ4v) is 4.37. The van der Waals surface area contributed by atoms with Gasteiger partial charge in [-0.2, -0.15) is 0 Å². The van der Waals surface area contributed by atoms with Gasteiger partial charge in [-0.15, -0.1) is 0 Å². The number of hydrogen-bond acceptors (Lipinski definition) is 4. The molecule has 29 heavy (non-hydrogen) atoms. The number of benzene rings is 2. The highest BCUT2D eigenvalue weighted by Gasteiger charge is 2.25. The number of phenolic OH excluding ortho intramolecular Hbond substituents is 1. The number of amides is 1. The van der Waals surface area contributed by atoms with E-state index in [9.17, 15) is 9.90 Å². The molecule has 0 saturated carbocycles. The van der Waals surface area contributed by atoms with Gasteiger partial charge in [0, 0.05) is 29.7 Å². The minimum atomic E-state index is -0.217. The van der Waals surface area contributed by atoms with E-state index in [1.165, 1.54) is 6.42 Å². The van der Waals surface area contributed by atoms with Gasteiger partial charge in [-0.1, -0.05) is 19.1 Å². The number of anilines is 1. The molecule has 5 nitrogen and oxygen atoms in total. The highest BCUT2D eigenvalue weighted by molar-refractivity contribution is 6.14. The van der Waals surface area contributed by atoms with Gasteiger partial charge in [-0.05, 0) is 69.0 Å². The second-order valence-electron chi connectivity index (χ2n) is 8.28. The van der Waals surface area contributed by atoms with Crippen molar-refractivity contribution in [2.75, 3.05) is 18.4 Å². The number of carbonyl (C=O) groups is 1. The molecule has 0 aliphatic carbocycles. The standard InChI is InChI=1S/C24H28N2O3/c1-15-6-4-8-18(12-15)25-24(28)22-17(3)29-21-10-9-20(27)19(23(21)22)14-26-11-5-7-16(2)13-26/h4,6,8-10,12,16,27H,5,7,11,13-14H2,1-3H3,(H,25,28). The fraction of sp³-hybridized carbons (Fsp3) is 0.375. The molecule has 2 heterocycles. The molecule has 1 unspecified atom stereocenters. The van der Waals surface area contributed by atoms with Crippen LogP contribution in [0, 0.1) is 19.8 Å². The molecule has 3 aromatic rings. The Morgan fingerprint density at radius 2 is 2.10 bits per heavy atom. The molecule has 0 radical (unpaired) electrons. The minimum Gasteiger partial charge on any atom is -0.508 e. The van der Waals surface area contributed by atoms with Crippen LogP contribution in [0.4, 0.5) is 5.69 Å². The lowest BCUT2D eigenvalue weighted by Gasteiger charge is -2.31. The lowest BCUT2D eigenvalue weighted by molar-refractivity contribution is 0.102. The minimum absolute atomic E-state index is 0.209. The number of fused-ring (bicyclic) bond motifs is 1. The Balaban J connectivity index is 1.73. The first-order valence-corrected chi connectivity index (χ1v) is 10.3. The largest absolute Gasteiger partial charge is 0.508 e. The summed E-state index contributed by atoms with van der Waals surface area (Å²) >= 11 is 0. The molecule has 2 aromatic carbocycles. The predicted octanol–water partition coefficient (Wildman–Crippen LogP) is 5.24. The zero-order chi connectivity index (χ0) is 20.5. The van der Waals surface area contributed by atoms with Gasteiger partial charge in [-0.25, -0.2) is 0 Å². The van der Waals surface area contributed by atoms with Crippen LogP contribution in [-0.2, 0) is 6.54 Å². The van der Waals surface area contributed by atoms with Gasteiger partial charge in [0.15, 0.2) is 0 Å². The summed E-state index contributed by atoms with van der Waals surface area (Å²) in [4.78, 5) is 15.5. The van der Waals surface area contributed by atoms with Crippen LogP contribution in [0.25, 0.3) is 11.0 Å². The Bertz CT molecular complexity index is 1050. The van der Waals surface area contributed by atoms with E-state index in [2.05, 4.69) is 17.1 Å². The van der Waals surface area contributed by atoms with E-state index in [0.29, 0.717) is 34.8 Å². The van der Waals surface area contributed by atoms with Crippen molar-refractivity contribution < 1.29 is 14.3 Å². The van der Waals surface area contributed by atoms with Crippen molar-refractivity contribution in [3.8, 4) is 5.75 Å². The highest BCUT2D eigenvalue weighted by Crippen LogP contribution is 2.35. The third-order valence-electron chi connectivity index (χ3n) is 5.74. The molecule has 1 fully saturated rings. The summed E-state index contributed by atoms with van der Waals surface area (Å²) in [5.74, 6) is 1.19. The number of phenols is 1. The van der Waals surface area contributed by atoms with E-state index >= 15 is 0 Å². The number of likely N-dealkylation sites (tertiary alicyclic amines) is 1.